The third-order valence-electron chi connectivity index (χ3n) is 2.41. The van der Waals surface area contributed by atoms with Gasteiger partial charge in [0.15, 0.2) is 0 Å². The van der Waals surface area contributed by atoms with Crippen molar-refractivity contribution in [1.29, 1.82) is 0 Å². The molecule has 1 unspecified atom stereocenters. The molecule has 5 nitrogen and oxygen atoms in total. The highest BCUT2D eigenvalue weighted by Gasteiger charge is 2.36. The highest BCUT2D eigenvalue weighted by molar-refractivity contribution is 6.60. The SMILES string of the molecule is CO[Si](CCCOCC1CO1)(OC)OC.[Si]. The van der Waals surface area contributed by atoms with Crippen molar-refractivity contribution in [2.24, 2.45) is 0 Å². The summed E-state index contributed by atoms with van der Waals surface area (Å²) in [4.78, 5) is 0. The average molecular weight is 264 g/mol. The van der Waals surface area contributed by atoms with Gasteiger partial charge in [0.2, 0.25) is 0 Å². The van der Waals surface area contributed by atoms with E-state index in [1.54, 1.807) is 21.3 Å². The first kappa shape index (κ1) is 16.2. The Bertz CT molecular complexity index is 165. The zero-order valence-electron chi connectivity index (χ0n) is 10.2. The molecular formula is C9H20O5Si2. The Hall–Kier alpha value is 0.234. The minimum Gasteiger partial charge on any atom is -0.379 e. The second kappa shape index (κ2) is 8.34. The molecule has 0 spiro atoms. The number of hydrogen-bond donors (Lipinski definition) is 0. The predicted octanol–water partition coefficient (Wildman–Crippen LogP) is 0.289. The Labute approximate surface area is 103 Å². The zero-order valence-corrected chi connectivity index (χ0v) is 12.2. The van der Waals surface area contributed by atoms with E-state index < -0.39 is 8.80 Å². The Balaban J connectivity index is 0.00000225. The van der Waals surface area contributed by atoms with Crippen LogP contribution in [0.2, 0.25) is 6.04 Å². The quantitative estimate of drug-likeness (QED) is 0.340. The first-order valence-electron chi connectivity index (χ1n) is 5.11. The lowest BCUT2D eigenvalue weighted by Crippen LogP contribution is -2.42. The Morgan fingerprint density at radius 1 is 1.19 bits per heavy atom. The molecule has 1 aliphatic rings. The van der Waals surface area contributed by atoms with Crippen LogP contribution in [0.15, 0.2) is 0 Å². The summed E-state index contributed by atoms with van der Waals surface area (Å²) in [6.45, 7) is 2.24. The Kier molecular flexibility index (Phi) is 8.46. The first-order valence-corrected chi connectivity index (χ1v) is 7.04. The van der Waals surface area contributed by atoms with Gasteiger partial charge in [0.1, 0.15) is 6.10 Å². The number of hydrogen-bond acceptors (Lipinski definition) is 5. The minimum absolute atomic E-state index is 0. The van der Waals surface area contributed by atoms with Crippen LogP contribution in [0.3, 0.4) is 0 Å². The fraction of sp³-hybridized carbons (Fsp3) is 1.00. The highest BCUT2D eigenvalue weighted by atomic mass is 28.4. The molecule has 1 saturated heterocycles. The van der Waals surface area contributed by atoms with Crippen molar-refractivity contribution in [2.45, 2.75) is 18.6 Å². The topological polar surface area (TPSA) is 49.5 Å². The van der Waals surface area contributed by atoms with E-state index in [1.807, 2.05) is 0 Å². The monoisotopic (exact) mass is 264 g/mol. The maximum Gasteiger partial charge on any atom is 0.500 e. The van der Waals surface area contributed by atoms with E-state index in [4.69, 9.17) is 22.8 Å². The van der Waals surface area contributed by atoms with Gasteiger partial charge in [0, 0.05) is 44.9 Å². The molecule has 94 valence electrons. The van der Waals surface area contributed by atoms with Gasteiger partial charge in [-0.2, -0.15) is 0 Å². The molecule has 1 atom stereocenters. The molecule has 0 aromatic rings. The van der Waals surface area contributed by atoms with E-state index >= 15 is 0 Å². The van der Waals surface area contributed by atoms with Gasteiger partial charge in [0.25, 0.3) is 0 Å². The lowest BCUT2D eigenvalue weighted by Gasteiger charge is -2.24. The van der Waals surface area contributed by atoms with Gasteiger partial charge in [-0.25, -0.2) is 0 Å². The standard InChI is InChI=1S/C9H20O5Si.Si/c1-10-15(11-2,12-3)6-4-5-13-7-9-8-14-9;/h9H,4-8H2,1-3H3;. The number of rotatable bonds is 9. The van der Waals surface area contributed by atoms with E-state index in [-0.39, 0.29) is 11.0 Å². The number of epoxide rings is 1. The minimum atomic E-state index is -2.39. The summed E-state index contributed by atoms with van der Waals surface area (Å²) in [5.41, 5.74) is 0. The summed E-state index contributed by atoms with van der Waals surface area (Å²) < 4.78 is 26.3. The normalized spacial score (nSPS) is 19.3. The highest BCUT2D eigenvalue weighted by Crippen LogP contribution is 2.15. The Morgan fingerprint density at radius 2 is 1.75 bits per heavy atom. The maximum atomic E-state index is 5.42. The van der Waals surface area contributed by atoms with Crippen molar-refractivity contribution in [1.82, 2.24) is 0 Å². The van der Waals surface area contributed by atoms with Crippen LogP contribution in [0, 0.1) is 0 Å². The summed E-state index contributed by atoms with van der Waals surface area (Å²) in [5.74, 6) is 0. The summed E-state index contributed by atoms with van der Waals surface area (Å²) in [7, 11) is 2.48. The van der Waals surface area contributed by atoms with Gasteiger partial charge in [-0.3, -0.25) is 0 Å². The molecule has 1 rings (SSSR count). The van der Waals surface area contributed by atoms with Gasteiger partial charge in [-0.15, -0.1) is 0 Å². The summed E-state index contributed by atoms with van der Waals surface area (Å²) in [6, 6.07) is 0.780. The van der Waals surface area contributed by atoms with Crippen LogP contribution in [0.25, 0.3) is 0 Å². The molecule has 0 N–H and O–H groups in total. The van der Waals surface area contributed by atoms with E-state index in [9.17, 15) is 0 Å². The fourth-order valence-electron chi connectivity index (χ4n) is 1.33. The van der Waals surface area contributed by atoms with E-state index in [0.717, 1.165) is 19.1 Å². The second-order valence-electron chi connectivity index (χ2n) is 3.43. The molecule has 4 radical (unpaired) electrons. The third kappa shape index (κ3) is 5.53. The van der Waals surface area contributed by atoms with Crippen molar-refractivity contribution in [3.63, 3.8) is 0 Å². The molecule has 7 heteroatoms. The average Bonchev–Trinajstić information content (AvgIpc) is 3.08. The summed E-state index contributed by atoms with van der Waals surface area (Å²) >= 11 is 0. The fourth-order valence-corrected chi connectivity index (χ4v) is 3.02. The van der Waals surface area contributed by atoms with E-state index in [0.29, 0.717) is 19.3 Å². The molecule has 1 fully saturated rings. The van der Waals surface area contributed by atoms with Gasteiger partial charge < -0.3 is 22.8 Å². The van der Waals surface area contributed by atoms with E-state index in [2.05, 4.69) is 0 Å². The van der Waals surface area contributed by atoms with Crippen LogP contribution in [-0.2, 0) is 22.8 Å². The lowest BCUT2D eigenvalue weighted by molar-refractivity contribution is 0.100. The molecule has 0 aromatic heterocycles. The third-order valence-corrected chi connectivity index (χ3v) is 5.24. The van der Waals surface area contributed by atoms with Crippen LogP contribution < -0.4 is 0 Å². The molecule has 0 aromatic carbocycles. The van der Waals surface area contributed by atoms with Crippen LogP contribution in [0.5, 0.6) is 0 Å². The maximum absolute atomic E-state index is 5.42. The molecule has 16 heavy (non-hydrogen) atoms. The van der Waals surface area contributed by atoms with Crippen LogP contribution in [-0.4, -0.2) is 67.0 Å². The first-order chi connectivity index (χ1) is 7.26. The van der Waals surface area contributed by atoms with Crippen LogP contribution in [0.4, 0.5) is 0 Å². The van der Waals surface area contributed by atoms with Crippen molar-refractivity contribution < 1.29 is 22.8 Å². The van der Waals surface area contributed by atoms with E-state index in [1.165, 1.54) is 0 Å². The van der Waals surface area contributed by atoms with Crippen molar-refractivity contribution >= 4 is 19.8 Å². The van der Waals surface area contributed by atoms with Crippen molar-refractivity contribution in [2.75, 3.05) is 41.2 Å². The second-order valence-corrected chi connectivity index (χ2v) is 6.52. The number of ether oxygens (including phenoxy) is 2. The smallest absolute Gasteiger partial charge is 0.379 e. The molecule has 0 aliphatic carbocycles. The predicted molar refractivity (Wildman–Crippen MR) is 62.5 cm³/mol. The lowest BCUT2D eigenvalue weighted by atomic mass is 10.5. The molecule has 1 aliphatic heterocycles. The van der Waals surface area contributed by atoms with Gasteiger partial charge in [0.05, 0.1) is 13.2 Å². The van der Waals surface area contributed by atoms with Crippen LogP contribution >= 0.6 is 0 Å². The molecule has 0 saturated carbocycles. The summed E-state index contributed by atoms with van der Waals surface area (Å²) in [6.07, 6.45) is 1.22. The van der Waals surface area contributed by atoms with Gasteiger partial charge in [-0.1, -0.05) is 0 Å². The molecule has 0 amide bonds. The molecule has 1 heterocycles. The summed E-state index contributed by atoms with van der Waals surface area (Å²) in [5, 5.41) is 0. The largest absolute Gasteiger partial charge is 0.500 e. The molecular weight excluding hydrogens is 244 g/mol. The van der Waals surface area contributed by atoms with Gasteiger partial charge in [-0.05, 0) is 6.42 Å². The molecule has 0 bridgehead atoms. The van der Waals surface area contributed by atoms with Crippen molar-refractivity contribution in [3.8, 4) is 0 Å². The Morgan fingerprint density at radius 3 is 2.19 bits per heavy atom. The van der Waals surface area contributed by atoms with Crippen LogP contribution in [0.1, 0.15) is 6.42 Å². The zero-order chi connectivity index (χ0) is 11.1. The van der Waals surface area contributed by atoms with Crippen molar-refractivity contribution in [3.05, 3.63) is 0 Å². The van der Waals surface area contributed by atoms with Gasteiger partial charge >= 0.3 is 8.80 Å².